The van der Waals surface area contributed by atoms with Gasteiger partial charge in [0, 0.05) is 31.1 Å². The number of amides is 1. The van der Waals surface area contributed by atoms with Crippen molar-refractivity contribution in [1.82, 2.24) is 14.8 Å². The topological polar surface area (TPSA) is 92.5 Å². The summed E-state index contributed by atoms with van der Waals surface area (Å²) in [6.07, 6.45) is 4.59. The average molecular weight is 313 g/mol. The Morgan fingerprint density at radius 1 is 1.33 bits per heavy atom. The van der Waals surface area contributed by atoms with Crippen molar-refractivity contribution in [3.63, 3.8) is 0 Å². The molecule has 3 rings (SSSR count). The van der Waals surface area contributed by atoms with Gasteiger partial charge in [0.1, 0.15) is 5.76 Å². The van der Waals surface area contributed by atoms with Crippen molar-refractivity contribution >= 4 is 15.9 Å². The first-order valence-electron chi connectivity index (χ1n) is 7.15. The van der Waals surface area contributed by atoms with Gasteiger partial charge in [-0.15, -0.1) is 0 Å². The van der Waals surface area contributed by atoms with Crippen LogP contribution in [0.5, 0.6) is 0 Å². The summed E-state index contributed by atoms with van der Waals surface area (Å²) in [7, 11) is -3.19. The molecular formula is C13H19N3O4S. The van der Waals surface area contributed by atoms with Gasteiger partial charge in [-0.2, -0.15) is 0 Å². The van der Waals surface area contributed by atoms with Crippen molar-refractivity contribution in [3.8, 4) is 0 Å². The van der Waals surface area contributed by atoms with Gasteiger partial charge in [0.05, 0.1) is 6.26 Å². The highest BCUT2D eigenvalue weighted by molar-refractivity contribution is 7.88. The van der Waals surface area contributed by atoms with Gasteiger partial charge < -0.3 is 9.42 Å². The number of likely N-dealkylation sites (tertiary alicyclic amines) is 1. The van der Waals surface area contributed by atoms with E-state index in [-0.39, 0.29) is 11.9 Å². The minimum atomic E-state index is -3.19. The van der Waals surface area contributed by atoms with Crippen molar-refractivity contribution < 1.29 is 17.7 Å². The third kappa shape index (κ3) is 3.62. The Labute approximate surface area is 123 Å². The van der Waals surface area contributed by atoms with E-state index in [1.165, 1.54) is 0 Å². The van der Waals surface area contributed by atoms with E-state index in [1.807, 2.05) is 0 Å². The lowest BCUT2D eigenvalue weighted by Crippen LogP contribution is -2.46. The summed E-state index contributed by atoms with van der Waals surface area (Å²) < 4.78 is 30.2. The maximum absolute atomic E-state index is 12.3. The predicted molar refractivity (Wildman–Crippen MR) is 75.4 cm³/mol. The summed E-state index contributed by atoms with van der Waals surface area (Å²) in [5.74, 6) is 1.10. The van der Waals surface area contributed by atoms with E-state index in [1.54, 1.807) is 11.0 Å². The van der Waals surface area contributed by atoms with E-state index in [9.17, 15) is 13.2 Å². The minimum absolute atomic E-state index is 0.0941. The van der Waals surface area contributed by atoms with Crippen molar-refractivity contribution in [1.29, 1.82) is 0 Å². The SMILES string of the molecule is CS(=O)(=O)NC1CCN(C(=O)c2cc(C3CC3)on2)CC1. The minimum Gasteiger partial charge on any atom is -0.360 e. The van der Waals surface area contributed by atoms with Gasteiger partial charge in [-0.25, -0.2) is 13.1 Å². The van der Waals surface area contributed by atoms with Gasteiger partial charge in [0.25, 0.3) is 5.91 Å². The van der Waals surface area contributed by atoms with E-state index in [2.05, 4.69) is 9.88 Å². The first-order valence-corrected chi connectivity index (χ1v) is 9.05. The zero-order valence-corrected chi connectivity index (χ0v) is 12.7. The quantitative estimate of drug-likeness (QED) is 0.883. The molecule has 1 aromatic heterocycles. The van der Waals surface area contributed by atoms with Crippen LogP contribution in [-0.2, 0) is 10.0 Å². The van der Waals surface area contributed by atoms with Crippen LogP contribution in [0.1, 0.15) is 47.8 Å². The highest BCUT2D eigenvalue weighted by atomic mass is 32.2. The molecule has 1 N–H and O–H groups in total. The maximum atomic E-state index is 12.3. The molecule has 1 amide bonds. The molecule has 1 saturated heterocycles. The fraction of sp³-hybridized carbons (Fsp3) is 0.692. The van der Waals surface area contributed by atoms with Gasteiger partial charge in [-0.3, -0.25) is 4.79 Å². The number of rotatable bonds is 4. The van der Waals surface area contributed by atoms with Crippen LogP contribution in [-0.4, -0.2) is 49.8 Å². The Kier molecular flexibility index (Phi) is 3.75. The summed E-state index contributed by atoms with van der Waals surface area (Å²) in [4.78, 5) is 14.0. The molecule has 1 saturated carbocycles. The standard InChI is InChI=1S/C13H19N3O4S/c1-21(18,19)15-10-4-6-16(7-5-10)13(17)11-8-12(20-14-11)9-2-3-9/h8-10,15H,2-7H2,1H3. The zero-order chi connectivity index (χ0) is 15.0. The number of carbonyl (C=O) groups is 1. The molecule has 0 atom stereocenters. The monoisotopic (exact) mass is 313 g/mol. The highest BCUT2D eigenvalue weighted by Crippen LogP contribution is 2.40. The number of nitrogens with one attached hydrogen (secondary N) is 1. The van der Waals surface area contributed by atoms with Gasteiger partial charge in [0.2, 0.25) is 10.0 Å². The molecule has 7 nitrogen and oxygen atoms in total. The summed E-state index contributed by atoms with van der Waals surface area (Å²) in [5, 5.41) is 3.85. The smallest absolute Gasteiger partial charge is 0.276 e. The second-order valence-electron chi connectivity index (χ2n) is 5.85. The Bertz CT molecular complexity index is 628. The molecule has 2 fully saturated rings. The molecule has 1 aliphatic carbocycles. The van der Waals surface area contributed by atoms with Crippen molar-refractivity contribution in [2.45, 2.75) is 37.6 Å². The molecule has 0 radical (unpaired) electrons. The van der Waals surface area contributed by atoms with Crippen LogP contribution in [0.25, 0.3) is 0 Å². The average Bonchev–Trinajstić information content (AvgIpc) is 3.15. The Hall–Kier alpha value is -1.41. The van der Waals surface area contributed by atoms with E-state index in [0.717, 1.165) is 24.9 Å². The van der Waals surface area contributed by atoms with E-state index in [4.69, 9.17) is 4.52 Å². The van der Waals surface area contributed by atoms with Crippen LogP contribution in [0.4, 0.5) is 0 Å². The molecule has 8 heteroatoms. The van der Waals surface area contributed by atoms with E-state index < -0.39 is 10.0 Å². The Morgan fingerprint density at radius 2 is 2.00 bits per heavy atom. The number of hydrogen-bond donors (Lipinski definition) is 1. The maximum Gasteiger partial charge on any atom is 0.276 e. The Balaban J connectivity index is 1.56. The molecular weight excluding hydrogens is 294 g/mol. The van der Waals surface area contributed by atoms with E-state index in [0.29, 0.717) is 37.5 Å². The fourth-order valence-electron chi connectivity index (χ4n) is 2.62. The van der Waals surface area contributed by atoms with Crippen molar-refractivity contribution in [2.24, 2.45) is 0 Å². The molecule has 116 valence electrons. The third-order valence-electron chi connectivity index (χ3n) is 3.89. The third-order valence-corrected chi connectivity index (χ3v) is 4.65. The van der Waals surface area contributed by atoms with Crippen LogP contribution in [0.2, 0.25) is 0 Å². The van der Waals surface area contributed by atoms with Gasteiger partial charge in [-0.05, 0) is 25.7 Å². The molecule has 2 heterocycles. The van der Waals surface area contributed by atoms with Gasteiger partial charge in [0.15, 0.2) is 5.69 Å². The van der Waals surface area contributed by atoms with E-state index >= 15 is 0 Å². The first-order chi connectivity index (χ1) is 9.92. The number of carbonyl (C=O) groups excluding carboxylic acids is 1. The van der Waals surface area contributed by atoms with Crippen molar-refractivity contribution in [2.75, 3.05) is 19.3 Å². The summed E-state index contributed by atoms with van der Waals surface area (Å²) >= 11 is 0. The number of piperidine rings is 1. The van der Waals surface area contributed by atoms with Crippen LogP contribution >= 0.6 is 0 Å². The molecule has 0 aromatic carbocycles. The molecule has 21 heavy (non-hydrogen) atoms. The number of nitrogens with zero attached hydrogens (tertiary/aromatic N) is 2. The van der Waals surface area contributed by atoms with Crippen LogP contribution in [0.3, 0.4) is 0 Å². The number of sulfonamides is 1. The predicted octanol–water partition coefficient (Wildman–Crippen LogP) is 0.706. The number of aromatic nitrogens is 1. The summed E-state index contributed by atoms with van der Waals surface area (Å²) in [6, 6.07) is 1.64. The molecule has 0 unspecified atom stereocenters. The molecule has 1 aliphatic heterocycles. The normalized spacial score (nSPS) is 20.7. The second-order valence-corrected chi connectivity index (χ2v) is 7.63. The van der Waals surface area contributed by atoms with Gasteiger partial charge >= 0.3 is 0 Å². The van der Waals surface area contributed by atoms with Gasteiger partial charge in [-0.1, -0.05) is 5.16 Å². The fourth-order valence-corrected chi connectivity index (χ4v) is 3.46. The largest absolute Gasteiger partial charge is 0.360 e. The summed E-state index contributed by atoms with van der Waals surface area (Å²) in [5.41, 5.74) is 0.353. The van der Waals surface area contributed by atoms with Crippen LogP contribution in [0.15, 0.2) is 10.6 Å². The molecule has 2 aliphatic rings. The lowest BCUT2D eigenvalue weighted by Gasteiger charge is -2.31. The number of hydrogen-bond acceptors (Lipinski definition) is 5. The van der Waals surface area contributed by atoms with Crippen molar-refractivity contribution in [3.05, 3.63) is 17.5 Å². The molecule has 1 aromatic rings. The summed E-state index contributed by atoms with van der Waals surface area (Å²) in [6.45, 7) is 1.05. The van der Waals surface area contributed by atoms with Crippen LogP contribution < -0.4 is 4.72 Å². The first kappa shape index (κ1) is 14.5. The van der Waals surface area contributed by atoms with Crippen LogP contribution in [0, 0.1) is 0 Å². The Morgan fingerprint density at radius 3 is 2.57 bits per heavy atom. The highest BCUT2D eigenvalue weighted by Gasteiger charge is 2.31. The molecule has 0 bridgehead atoms. The lowest BCUT2D eigenvalue weighted by molar-refractivity contribution is 0.0701. The molecule has 0 spiro atoms. The lowest BCUT2D eigenvalue weighted by atomic mass is 10.1. The second kappa shape index (κ2) is 5.42. The zero-order valence-electron chi connectivity index (χ0n) is 11.9.